The summed E-state index contributed by atoms with van der Waals surface area (Å²) in [5, 5.41) is 0. The smallest absolute Gasteiger partial charge is 0.314 e. The summed E-state index contributed by atoms with van der Waals surface area (Å²) in [5.41, 5.74) is 1.92. The maximum Gasteiger partial charge on any atom is 0.314 e. The molecule has 0 atom stereocenters. The number of rotatable bonds is 5. The number of aromatic amines is 2. The van der Waals surface area contributed by atoms with E-state index < -0.39 is 11.1 Å². The van der Waals surface area contributed by atoms with Gasteiger partial charge in [0.2, 0.25) is 0 Å². The molecular formula is C23H19N3O3. The third kappa shape index (κ3) is 4.16. The van der Waals surface area contributed by atoms with E-state index in [9.17, 15) is 14.4 Å². The van der Waals surface area contributed by atoms with Crippen LogP contribution in [0.25, 0.3) is 11.0 Å². The average molecular weight is 385 g/mol. The van der Waals surface area contributed by atoms with Crippen LogP contribution in [0, 0.1) is 0 Å². The van der Waals surface area contributed by atoms with Gasteiger partial charge in [0.15, 0.2) is 0 Å². The van der Waals surface area contributed by atoms with E-state index in [4.69, 9.17) is 0 Å². The standard InChI is InChI=1S/C23H19N3O3/c27-21-22(28)25-20-13-18(11-12-19(20)24-21)23(29)26(14-16-7-3-1-4-8-16)15-17-9-5-2-6-10-17/h1-13H,14-15H2,(H,24,27)(H,25,28). The van der Waals surface area contributed by atoms with Crippen LogP contribution >= 0.6 is 0 Å². The maximum atomic E-state index is 13.3. The van der Waals surface area contributed by atoms with Crippen LogP contribution in [0.15, 0.2) is 88.5 Å². The molecule has 6 nitrogen and oxygen atoms in total. The molecule has 4 rings (SSSR count). The van der Waals surface area contributed by atoms with E-state index in [0.29, 0.717) is 29.7 Å². The third-order valence-electron chi connectivity index (χ3n) is 4.69. The first-order chi connectivity index (χ1) is 14.1. The van der Waals surface area contributed by atoms with Gasteiger partial charge in [0.1, 0.15) is 0 Å². The first-order valence-corrected chi connectivity index (χ1v) is 9.23. The fraction of sp³-hybridized carbons (Fsp3) is 0.0870. The van der Waals surface area contributed by atoms with Crippen LogP contribution in [-0.4, -0.2) is 20.8 Å². The molecule has 29 heavy (non-hydrogen) atoms. The molecule has 0 aliphatic rings. The SMILES string of the molecule is O=C(c1ccc2[nH]c(=O)c(=O)[nH]c2c1)N(Cc1ccccc1)Cc1ccccc1. The van der Waals surface area contributed by atoms with Crippen LogP contribution in [0.1, 0.15) is 21.5 Å². The van der Waals surface area contributed by atoms with E-state index in [1.165, 1.54) is 0 Å². The van der Waals surface area contributed by atoms with Gasteiger partial charge in [-0.15, -0.1) is 0 Å². The summed E-state index contributed by atoms with van der Waals surface area (Å²) in [5.74, 6) is -0.161. The Labute approximate surface area is 166 Å². The molecule has 0 radical (unpaired) electrons. The van der Waals surface area contributed by atoms with Crippen molar-refractivity contribution in [2.75, 3.05) is 0 Å². The summed E-state index contributed by atoms with van der Waals surface area (Å²) in [4.78, 5) is 43.2. The van der Waals surface area contributed by atoms with Crippen molar-refractivity contribution in [2.24, 2.45) is 0 Å². The lowest BCUT2D eigenvalue weighted by Crippen LogP contribution is -2.31. The van der Waals surface area contributed by atoms with Gasteiger partial charge in [-0.2, -0.15) is 0 Å². The average Bonchev–Trinajstić information content (AvgIpc) is 2.75. The largest absolute Gasteiger partial charge is 0.330 e. The van der Waals surface area contributed by atoms with Gasteiger partial charge in [-0.3, -0.25) is 14.4 Å². The van der Waals surface area contributed by atoms with Crippen LogP contribution in [0.4, 0.5) is 0 Å². The molecule has 0 unspecified atom stereocenters. The molecule has 2 N–H and O–H groups in total. The van der Waals surface area contributed by atoms with Crippen molar-refractivity contribution in [3.63, 3.8) is 0 Å². The molecular weight excluding hydrogens is 366 g/mol. The second-order valence-corrected chi connectivity index (χ2v) is 6.80. The number of fused-ring (bicyclic) bond motifs is 1. The van der Waals surface area contributed by atoms with E-state index in [0.717, 1.165) is 11.1 Å². The zero-order valence-electron chi connectivity index (χ0n) is 15.6. The number of nitrogens with one attached hydrogen (secondary N) is 2. The lowest BCUT2D eigenvalue weighted by atomic mass is 10.1. The lowest BCUT2D eigenvalue weighted by molar-refractivity contribution is 0.0730. The summed E-state index contributed by atoms with van der Waals surface area (Å²) in [6, 6.07) is 24.4. The van der Waals surface area contributed by atoms with Crippen LogP contribution in [0.3, 0.4) is 0 Å². The van der Waals surface area contributed by atoms with Crippen molar-refractivity contribution in [3.05, 3.63) is 116 Å². The summed E-state index contributed by atoms with van der Waals surface area (Å²) in [6.45, 7) is 0.906. The monoisotopic (exact) mass is 385 g/mol. The van der Waals surface area contributed by atoms with E-state index >= 15 is 0 Å². The van der Waals surface area contributed by atoms with Crippen molar-refractivity contribution in [1.29, 1.82) is 0 Å². The van der Waals surface area contributed by atoms with Crippen molar-refractivity contribution in [2.45, 2.75) is 13.1 Å². The molecule has 0 saturated carbocycles. The summed E-state index contributed by atoms with van der Waals surface area (Å²) < 4.78 is 0. The molecule has 0 spiro atoms. The van der Waals surface area contributed by atoms with Gasteiger partial charge in [0, 0.05) is 18.7 Å². The van der Waals surface area contributed by atoms with Crippen LogP contribution < -0.4 is 11.1 Å². The number of hydrogen-bond acceptors (Lipinski definition) is 3. The zero-order valence-corrected chi connectivity index (χ0v) is 15.6. The number of benzene rings is 3. The van der Waals surface area contributed by atoms with Crippen molar-refractivity contribution in [3.8, 4) is 0 Å². The molecule has 0 aliphatic heterocycles. The number of carbonyl (C=O) groups is 1. The Morgan fingerprint density at radius 2 is 1.21 bits per heavy atom. The molecule has 0 aliphatic carbocycles. The molecule has 4 aromatic rings. The Hall–Kier alpha value is -3.93. The van der Waals surface area contributed by atoms with Crippen LogP contribution in [0.5, 0.6) is 0 Å². The Morgan fingerprint density at radius 3 is 1.76 bits per heavy atom. The number of amides is 1. The molecule has 144 valence electrons. The quantitative estimate of drug-likeness (QED) is 0.518. The minimum Gasteiger partial charge on any atom is -0.330 e. The van der Waals surface area contributed by atoms with Crippen LogP contribution in [-0.2, 0) is 13.1 Å². The molecule has 1 heterocycles. The molecule has 3 aromatic carbocycles. The highest BCUT2D eigenvalue weighted by Crippen LogP contribution is 2.16. The van der Waals surface area contributed by atoms with Gasteiger partial charge in [-0.25, -0.2) is 0 Å². The Balaban J connectivity index is 1.70. The molecule has 0 bridgehead atoms. The highest BCUT2D eigenvalue weighted by atomic mass is 16.2. The van der Waals surface area contributed by atoms with E-state index in [2.05, 4.69) is 9.97 Å². The summed E-state index contributed by atoms with van der Waals surface area (Å²) in [7, 11) is 0. The molecule has 0 saturated heterocycles. The van der Waals surface area contributed by atoms with Gasteiger partial charge in [0.25, 0.3) is 5.91 Å². The fourth-order valence-electron chi connectivity index (χ4n) is 3.24. The second kappa shape index (κ2) is 7.98. The van der Waals surface area contributed by atoms with Crippen molar-refractivity contribution in [1.82, 2.24) is 14.9 Å². The topological polar surface area (TPSA) is 86.0 Å². The fourth-order valence-corrected chi connectivity index (χ4v) is 3.24. The first kappa shape index (κ1) is 18.4. The van der Waals surface area contributed by atoms with Gasteiger partial charge >= 0.3 is 11.1 Å². The minimum atomic E-state index is -0.743. The van der Waals surface area contributed by atoms with Crippen molar-refractivity contribution >= 4 is 16.9 Å². The predicted octanol–water partition coefficient (Wildman–Crippen LogP) is 3.06. The number of H-pyrrole nitrogens is 2. The van der Waals surface area contributed by atoms with E-state index in [-0.39, 0.29) is 5.91 Å². The zero-order chi connectivity index (χ0) is 20.2. The van der Waals surface area contributed by atoms with Crippen molar-refractivity contribution < 1.29 is 4.79 Å². The lowest BCUT2D eigenvalue weighted by Gasteiger charge is -2.23. The van der Waals surface area contributed by atoms with E-state index in [1.54, 1.807) is 23.1 Å². The van der Waals surface area contributed by atoms with Gasteiger partial charge in [-0.1, -0.05) is 60.7 Å². The molecule has 1 amide bonds. The number of hydrogen-bond donors (Lipinski definition) is 2. The predicted molar refractivity (Wildman–Crippen MR) is 112 cm³/mol. The minimum absolute atomic E-state index is 0.161. The molecule has 6 heteroatoms. The third-order valence-corrected chi connectivity index (χ3v) is 4.69. The number of nitrogens with zero attached hydrogens (tertiary/aromatic N) is 1. The first-order valence-electron chi connectivity index (χ1n) is 9.23. The Kier molecular flexibility index (Phi) is 5.07. The van der Waals surface area contributed by atoms with E-state index in [1.807, 2.05) is 60.7 Å². The molecule has 1 aromatic heterocycles. The van der Waals surface area contributed by atoms with Gasteiger partial charge in [0.05, 0.1) is 11.0 Å². The summed E-state index contributed by atoms with van der Waals surface area (Å²) in [6.07, 6.45) is 0. The normalized spacial score (nSPS) is 10.8. The highest BCUT2D eigenvalue weighted by molar-refractivity contribution is 5.97. The number of carbonyl (C=O) groups excluding carboxylic acids is 1. The van der Waals surface area contributed by atoms with Crippen LogP contribution in [0.2, 0.25) is 0 Å². The molecule has 0 fully saturated rings. The summed E-state index contributed by atoms with van der Waals surface area (Å²) >= 11 is 0. The highest BCUT2D eigenvalue weighted by Gasteiger charge is 2.17. The Morgan fingerprint density at radius 1 is 0.690 bits per heavy atom. The number of aromatic nitrogens is 2. The second-order valence-electron chi connectivity index (χ2n) is 6.80. The van der Waals surface area contributed by atoms with Gasteiger partial charge in [-0.05, 0) is 29.3 Å². The Bertz CT molecular complexity index is 1220. The maximum absolute atomic E-state index is 13.3. The van der Waals surface area contributed by atoms with Gasteiger partial charge < -0.3 is 14.9 Å².